The van der Waals surface area contributed by atoms with Crippen LogP contribution in [0, 0.1) is 0 Å². The molecule has 0 fully saturated rings. The molecule has 0 atom stereocenters. The number of hydrogen-bond acceptors (Lipinski definition) is 2. The van der Waals surface area contributed by atoms with Gasteiger partial charge in [-0.15, -0.1) is 0 Å². The van der Waals surface area contributed by atoms with Gasteiger partial charge in [-0.05, 0) is 18.2 Å². The van der Waals surface area contributed by atoms with Crippen molar-refractivity contribution in [1.29, 1.82) is 0 Å². The molecule has 0 aliphatic carbocycles. The van der Waals surface area contributed by atoms with Crippen molar-refractivity contribution in [2.24, 2.45) is 0 Å². The van der Waals surface area contributed by atoms with Gasteiger partial charge in [0.25, 0.3) is 5.76 Å². The Morgan fingerprint density at radius 1 is 1.42 bits per heavy atom. The summed E-state index contributed by atoms with van der Waals surface area (Å²) in [5, 5.41) is 0.450. The van der Waals surface area contributed by atoms with Gasteiger partial charge in [0, 0.05) is 15.6 Å². The second-order valence-electron chi connectivity index (χ2n) is 2.06. The lowest BCUT2D eigenvalue weighted by Gasteiger charge is -2.03. The van der Waals surface area contributed by atoms with Crippen LogP contribution < -0.4 is 5.73 Å². The Morgan fingerprint density at radius 2 is 2.08 bits per heavy atom. The summed E-state index contributed by atoms with van der Waals surface area (Å²) in [5.41, 5.74) is 5.72. The van der Waals surface area contributed by atoms with Gasteiger partial charge in [0.05, 0.1) is 0 Å². The zero-order valence-electron chi connectivity index (χ0n) is 5.93. The molecule has 0 aliphatic heterocycles. The van der Waals surface area contributed by atoms with E-state index < -0.39 is 5.76 Å². The maximum atomic E-state index is 11.9. The van der Waals surface area contributed by atoms with E-state index in [1.807, 2.05) is 0 Å². The van der Waals surface area contributed by atoms with E-state index in [9.17, 15) is 8.78 Å². The number of thioether (sulfide) groups is 1. The third-order valence-electron chi connectivity index (χ3n) is 1.19. The summed E-state index contributed by atoms with van der Waals surface area (Å²) in [4.78, 5) is 0.356. The first-order chi connectivity index (χ1) is 5.59. The lowest BCUT2D eigenvalue weighted by atomic mass is 10.3. The van der Waals surface area contributed by atoms with Crippen LogP contribution in [0.2, 0.25) is 5.02 Å². The normalized spacial score (nSPS) is 10.7. The SMILES string of the molecule is Nc1cc(Cl)ccc1SC(F)F. The number of hydrogen-bond donors (Lipinski definition) is 1. The number of benzene rings is 1. The number of nitrogens with two attached hydrogens (primary N) is 1. The number of anilines is 1. The smallest absolute Gasteiger partial charge is 0.288 e. The zero-order chi connectivity index (χ0) is 9.14. The third-order valence-corrected chi connectivity index (χ3v) is 2.23. The highest BCUT2D eigenvalue weighted by Gasteiger charge is 2.07. The Bertz CT molecular complexity index is 280. The van der Waals surface area contributed by atoms with Crippen molar-refractivity contribution in [3.05, 3.63) is 23.2 Å². The molecule has 0 unspecified atom stereocenters. The summed E-state index contributed by atoms with van der Waals surface area (Å²) in [6.07, 6.45) is 0. The third kappa shape index (κ3) is 2.53. The first-order valence-corrected chi connectivity index (χ1v) is 4.35. The Labute approximate surface area is 77.9 Å². The second kappa shape index (κ2) is 3.96. The maximum Gasteiger partial charge on any atom is 0.288 e. The van der Waals surface area contributed by atoms with Crippen molar-refractivity contribution >= 4 is 29.1 Å². The topological polar surface area (TPSA) is 26.0 Å². The van der Waals surface area contributed by atoms with Crippen molar-refractivity contribution in [1.82, 2.24) is 0 Å². The summed E-state index contributed by atoms with van der Waals surface area (Å²) in [6, 6.07) is 4.46. The average molecular weight is 210 g/mol. The fraction of sp³-hybridized carbons (Fsp3) is 0.143. The van der Waals surface area contributed by atoms with Crippen molar-refractivity contribution < 1.29 is 8.78 Å². The van der Waals surface area contributed by atoms with E-state index in [2.05, 4.69) is 0 Å². The quantitative estimate of drug-likeness (QED) is 0.598. The van der Waals surface area contributed by atoms with Crippen LogP contribution in [0.4, 0.5) is 14.5 Å². The molecule has 1 aromatic rings. The predicted octanol–water partition coefficient (Wildman–Crippen LogP) is 3.24. The highest BCUT2D eigenvalue weighted by atomic mass is 35.5. The summed E-state index contributed by atoms with van der Waals surface area (Å²) < 4.78 is 23.8. The minimum atomic E-state index is -2.45. The molecule has 0 heterocycles. The maximum absolute atomic E-state index is 11.9. The van der Waals surface area contributed by atoms with Crippen molar-refractivity contribution in [2.75, 3.05) is 5.73 Å². The number of nitrogen functional groups attached to an aromatic ring is 1. The van der Waals surface area contributed by atoms with Gasteiger partial charge < -0.3 is 5.73 Å². The summed E-state index contributed by atoms with van der Waals surface area (Å²) >= 11 is 5.99. The van der Waals surface area contributed by atoms with Gasteiger partial charge in [0.2, 0.25) is 0 Å². The van der Waals surface area contributed by atoms with E-state index in [1.165, 1.54) is 18.2 Å². The van der Waals surface area contributed by atoms with E-state index in [0.29, 0.717) is 21.7 Å². The fourth-order valence-electron chi connectivity index (χ4n) is 0.723. The first kappa shape index (κ1) is 9.61. The first-order valence-electron chi connectivity index (χ1n) is 3.09. The van der Waals surface area contributed by atoms with Crippen LogP contribution in [0.1, 0.15) is 0 Å². The molecule has 1 aromatic carbocycles. The van der Waals surface area contributed by atoms with Gasteiger partial charge in [-0.3, -0.25) is 0 Å². The van der Waals surface area contributed by atoms with Crippen molar-refractivity contribution in [2.45, 2.75) is 10.7 Å². The van der Waals surface area contributed by atoms with Crippen LogP contribution in [-0.4, -0.2) is 5.76 Å². The van der Waals surface area contributed by atoms with Gasteiger partial charge in [-0.25, -0.2) is 0 Å². The molecule has 12 heavy (non-hydrogen) atoms. The molecule has 0 bridgehead atoms. The van der Waals surface area contributed by atoms with Crippen LogP contribution in [-0.2, 0) is 0 Å². The number of halogens is 3. The van der Waals surface area contributed by atoms with Gasteiger partial charge >= 0.3 is 0 Å². The van der Waals surface area contributed by atoms with E-state index in [1.54, 1.807) is 0 Å². The van der Waals surface area contributed by atoms with Gasteiger partial charge in [-0.2, -0.15) is 8.78 Å². The fourth-order valence-corrected chi connectivity index (χ4v) is 1.44. The predicted molar refractivity (Wildman–Crippen MR) is 47.7 cm³/mol. The van der Waals surface area contributed by atoms with E-state index >= 15 is 0 Å². The van der Waals surface area contributed by atoms with Crippen molar-refractivity contribution in [3.8, 4) is 0 Å². The molecule has 0 radical (unpaired) electrons. The number of rotatable bonds is 2. The molecular formula is C7H6ClF2NS. The minimum absolute atomic E-state index is 0.285. The minimum Gasteiger partial charge on any atom is -0.398 e. The Kier molecular flexibility index (Phi) is 3.17. The summed E-state index contributed by atoms with van der Waals surface area (Å²) in [5.74, 6) is -2.45. The van der Waals surface area contributed by atoms with Crippen LogP contribution in [0.5, 0.6) is 0 Å². The number of alkyl halides is 2. The monoisotopic (exact) mass is 209 g/mol. The Balaban J connectivity index is 2.86. The van der Waals surface area contributed by atoms with Crippen LogP contribution in [0.15, 0.2) is 23.1 Å². The molecule has 0 saturated heterocycles. The molecule has 66 valence electrons. The van der Waals surface area contributed by atoms with E-state index in [4.69, 9.17) is 17.3 Å². The van der Waals surface area contributed by atoms with E-state index in [0.717, 1.165) is 0 Å². The van der Waals surface area contributed by atoms with E-state index in [-0.39, 0.29) is 5.69 Å². The zero-order valence-corrected chi connectivity index (χ0v) is 7.50. The van der Waals surface area contributed by atoms with Gasteiger partial charge in [-0.1, -0.05) is 23.4 Å². The lowest BCUT2D eigenvalue weighted by molar-refractivity contribution is 0.252. The Hall–Kier alpha value is -0.480. The summed E-state index contributed by atoms with van der Waals surface area (Å²) in [6.45, 7) is 0. The highest BCUT2D eigenvalue weighted by Crippen LogP contribution is 2.31. The molecule has 1 nitrogen and oxygen atoms in total. The molecule has 0 saturated carbocycles. The summed E-state index contributed by atoms with van der Waals surface area (Å²) in [7, 11) is 0. The highest BCUT2D eigenvalue weighted by molar-refractivity contribution is 7.99. The van der Waals surface area contributed by atoms with Crippen molar-refractivity contribution in [3.63, 3.8) is 0 Å². The standard InChI is InChI=1S/C7H6ClF2NS/c8-4-1-2-6(5(11)3-4)12-7(9)10/h1-3,7H,11H2. The molecule has 5 heteroatoms. The molecule has 0 amide bonds. The molecular weight excluding hydrogens is 204 g/mol. The second-order valence-corrected chi connectivity index (χ2v) is 3.53. The molecule has 1 rings (SSSR count). The largest absolute Gasteiger partial charge is 0.398 e. The molecule has 0 aromatic heterocycles. The molecule has 0 spiro atoms. The van der Waals surface area contributed by atoms with Gasteiger partial charge in [0.1, 0.15) is 0 Å². The lowest BCUT2D eigenvalue weighted by Crippen LogP contribution is -1.90. The molecule has 2 N–H and O–H groups in total. The van der Waals surface area contributed by atoms with Crippen LogP contribution in [0.3, 0.4) is 0 Å². The van der Waals surface area contributed by atoms with Crippen LogP contribution >= 0.6 is 23.4 Å². The van der Waals surface area contributed by atoms with Crippen LogP contribution in [0.25, 0.3) is 0 Å². The molecule has 0 aliphatic rings. The Morgan fingerprint density at radius 3 is 2.58 bits per heavy atom. The average Bonchev–Trinajstić information content (AvgIpc) is 1.94. The van der Waals surface area contributed by atoms with Gasteiger partial charge in [0.15, 0.2) is 0 Å².